The van der Waals surface area contributed by atoms with Gasteiger partial charge in [0.15, 0.2) is 0 Å². The van der Waals surface area contributed by atoms with Gasteiger partial charge < -0.3 is 9.84 Å². The van der Waals surface area contributed by atoms with Crippen LogP contribution in [0.5, 0.6) is 0 Å². The van der Waals surface area contributed by atoms with Crippen LogP contribution in [0, 0.1) is 0 Å². The molecule has 0 aliphatic carbocycles. The molecule has 0 spiro atoms. The second-order valence-electron chi connectivity index (χ2n) is 4.61. The highest BCUT2D eigenvalue weighted by Crippen LogP contribution is 2.06. The van der Waals surface area contributed by atoms with Crippen LogP contribution < -0.4 is 0 Å². The molecule has 100 valence electrons. The fraction of sp³-hybridized carbons (Fsp3) is 0.500. The molecule has 18 heavy (non-hydrogen) atoms. The fourth-order valence-corrected chi connectivity index (χ4v) is 1.74. The summed E-state index contributed by atoms with van der Waals surface area (Å²) >= 11 is 0. The standard InChI is InChI=1S/C16H24O2/c1-3-8-16(17)12-7-9-14(2)18-13-15-10-5-4-6-11-15/h4-7,9-11,14,16-17H,3,8,12-13H2,1-2H3/b9-7-/t14-,16+/m0/s1. The average Bonchev–Trinajstić information content (AvgIpc) is 2.38. The smallest absolute Gasteiger partial charge is 0.0732 e. The Bertz CT molecular complexity index is 332. The zero-order valence-electron chi connectivity index (χ0n) is 11.4. The molecule has 0 saturated heterocycles. The zero-order chi connectivity index (χ0) is 13.2. The summed E-state index contributed by atoms with van der Waals surface area (Å²) in [7, 11) is 0. The van der Waals surface area contributed by atoms with Gasteiger partial charge >= 0.3 is 0 Å². The van der Waals surface area contributed by atoms with Crippen molar-refractivity contribution in [1.82, 2.24) is 0 Å². The van der Waals surface area contributed by atoms with Crippen molar-refractivity contribution in [2.75, 3.05) is 0 Å². The van der Waals surface area contributed by atoms with E-state index in [9.17, 15) is 5.11 Å². The quantitative estimate of drug-likeness (QED) is 0.711. The summed E-state index contributed by atoms with van der Waals surface area (Å²) in [5.41, 5.74) is 1.18. The first-order valence-electron chi connectivity index (χ1n) is 6.72. The van der Waals surface area contributed by atoms with E-state index < -0.39 is 0 Å². The van der Waals surface area contributed by atoms with E-state index >= 15 is 0 Å². The Balaban J connectivity index is 2.21. The van der Waals surface area contributed by atoms with Gasteiger partial charge in [0.05, 0.1) is 18.8 Å². The Morgan fingerprint density at radius 1 is 1.28 bits per heavy atom. The van der Waals surface area contributed by atoms with Gasteiger partial charge in [-0.3, -0.25) is 0 Å². The molecule has 1 N–H and O–H groups in total. The van der Waals surface area contributed by atoms with Gasteiger partial charge in [0.25, 0.3) is 0 Å². The van der Waals surface area contributed by atoms with Crippen molar-refractivity contribution in [3.05, 3.63) is 48.0 Å². The molecule has 1 aromatic rings. The Labute approximate surface area is 110 Å². The SMILES string of the molecule is CCC[C@@H](O)C/C=C\[C@H](C)OCc1ccccc1. The third kappa shape index (κ3) is 6.58. The van der Waals surface area contributed by atoms with Crippen LogP contribution in [0.3, 0.4) is 0 Å². The number of aliphatic hydroxyl groups excluding tert-OH is 1. The fourth-order valence-electron chi connectivity index (χ4n) is 1.74. The normalized spacial score (nSPS) is 14.8. The summed E-state index contributed by atoms with van der Waals surface area (Å²) in [6.07, 6.45) is 6.50. The molecule has 0 aromatic heterocycles. The minimum absolute atomic E-state index is 0.0824. The highest BCUT2D eigenvalue weighted by Gasteiger charge is 2.01. The van der Waals surface area contributed by atoms with Crippen molar-refractivity contribution in [2.45, 2.75) is 51.9 Å². The lowest BCUT2D eigenvalue weighted by Crippen LogP contribution is -2.06. The first-order valence-corrected chi connectivity index (χ1v) is 6.72. The number of hydrogen-bond donors (Lipinski definition) is 1. The lowest BCUT2D eigenvalue weighted by Gasteiger charge is -2.09. The molecule has 0 aliphatic heterocycles. The van der Waals surface area contributed by atoms with E-state index in [0.29, 0.717) is 13.0 Å². The van der Waals surface area contributed by atoms with Gasteiger partial charge in [-0.25, -0.2) is 0 Å². The molecule has 0 unspecified atom stereocenters. The summed E-state index contributed by atoms with van der Waals surface area (Å²) in [5, 5.41) is 9.58. The van der Waals surface area contributed by atoms with Gasteiger partial charge in [-0.15, -0.1) is 0 Å². The molecule has 2 heteroatoms. The molecule has 2 atom stereocenters. The van der Waals surface area contributed by atoms with Crippen LogP contribution in [0.15, 0.2) is 42.5 Å². The first-order chi connectivity index (χ1) is 8.72. The summed E-state index contributed by atoms with van der Waals surface area (Å²) in [5.74, 6) is 0. The van der Waals surface area contributed by atoms with Crippen molar-refractivity contribution in [3.63, 3.8) is 0 Å². The maximum absolute atomic E-state index is 9.58. The van der Waals surface area contributed by atoms with Crippen LogP contribution in [-0.2, 0) is 11.3 Å². The molecule has 1 aromatic carbocycles. The van der Waals surface area contributed by atoms with Gasteiger partial charge in [-0.05, 0) is 25.3 Å². The summed E-state index contributed by atoms with van der Waals surface area (Å²) in [4.78, 5) is 0. The molecule has 1 rings (SSSR count). The predicted molar refractivity (Wildman–Crippen MR) is 75.4 cm³/mol. The van der Waals surface area contributed by atoms with Crippen molar-refractivity contribution in [1.29, 1.82) is 0 Å². The first kappa shape index (κ1) is 14.9. The number of benzene rings is 1. The van der Waals surface area contributed by atoms with Crippen LogP contribution in [0.4, 0.5) is 0 Å². The van der Waals surface area contributed by atoms with Crippen molar-refractivity contribution >= 4 is 0 Å². The van der Waals surface area contributed by atoms with E-state index in [1.807, 2.05) is 37.3 Å². The number of aliphatic hydroxyl groups is 1. The molecular weight excluding hydrogens is 224 g/mol. The summed E-state index contributed by atoms with van der Waals surface area (Å²) in [6.45, 7) is 4.73. The molecule has 2 nitrogen and oxygen atoms in total. The second kappa shape index (κ2) is 8.90. The molecule has 0 aliphatic rings. The lowest BCUT2D eigenvalue weighted by atomic mass is 10.1. The van der Waals surface area contributed by atoms with E-state index in [1.54, 1.807) is 0 Å². The molecule has 0 heterocycles. The summed E-state index contributed by atoms with van der Waals surface area (Å²) in [6, 6.07) is 10.1. The molecule has 0 fully saturated rings. The predicted octanol–water partition coefficient (Wildman–Crippen LogP) is 3.70. The number of rotatable bonds is 8. The van der Waals surface area contributed by atoms with Gasteiger partial charge in [0.2, 0.25) is 0 Å². The highest BCUT2D eigenvalue weighted by molar-refractivity contribution is 5.13. The average molecular weight is 248 g/mol. The Morgan fingerprint density at radius 2 is 2.00 bits per heavy atom. The maximum Gasteiger partial charge on any atom is 0.0732 e. The molecule has 0 saturated carbocycles. The van der Waals surface area contributed by atoms with Crippen molar-refractivity contribution in [3.8, 4) is 0 Å². The topological polar surface area (TPSA) is 29.5 Å². The minimum Gasteiger partial charge on any atom is -0.393 e. The van der Waals surface area contributed by atoms with Crippen LogP contribution in [0.2, 0.25) is 0 Å². The number of ether oxygens (including phenoxy) is 1. The van der Waals surface area contributed by atoms with Crippen molar-refractivity contribution in [2.24, 2.45) is 0 Å². The lowest BCUT2D eigenvalue weighted by molar-refractivity contribution is 0.0835. The maximum atomic E-state index is 9.58. The van der Waals surface area contributed by atoms with Crippen LogP contribution in [-0.4, -0.2) is 17.3 Å². The van der Waals surface area contributed by atoms with Crippen LogP contribution in [0.25, 0.3) is 0 Å². The van der Waals surface area contributed by atoms with E-state index in [4.69, 9.17) is 4.74 Å². The van der Waals surface area contributed by atoms with E-state index in [0.717, 1.165) is 12.8 Å². The number of hydrogen-bond acceptors (Lipinski definition) is 2. The van der Waals surface area contributed by atoms with Crippen molar-refractivity contribution < 1.29 is 9.84 Å². The van der Waals surface area contributed by atoms with Gasteiger partial charge in [0.1, 0.15) is 0 Å². The van der Waals surface area contributed by atoms with Crippen LogP contribution in [0.1, 0.15) is 38.7 Å². The Kier molecular flexibility index (Phi) is 7.38. The Hall–Kier alpha value is -1.12. The van der Waals surface area contributed by atoms with Gasteiger partial charge in [-0.1, -0.05) is 55.8 Å². The molecular formula is C16H24O2. The highest BCUT2D eigenvalue weighted by atomic mass is 16.5. The third-order valence-corrected chi connectivity index (χ3v) is 2.79. The van der Waals surface area contributed by atoms with Gasteiger partial charge in [-0.2, -0.15) is 0 Å². The Morgan fingerprint density at radius 3 is 2.67 bits per heavy atom. The third-order valence-electron chi connectivity index (χ3n) is 2.79. The van der Waals surface area contributed by atoms with E-state index in [-0.39, 0.29) is 12.2 Å². The monoisotopic (exact) mass is 248 g/mol. The summed E-state index contributed by atoms with van der Waals surface area (Å²) < 4.78 is 5.70. The molecule has 0 amide bonds. The van der Waals surface area contributed by atoms with Gasteiger partial charge in [0, 0.05) is 0 Å². The second-order valence-corrected chi connectivity index (χ2v) is 4.61. The van der Waals surface area contributed by atoms with E-state index in [1.165, 1.54) is 5.56 Å². The van der Waals surface area contributed by atoms with Crippen LogP contribution >= 0.6 is 0 Å². The zero-order valence-corrected chi connectivity index (χ0v) is 11.4. The van der Waals surface area contributed by atoms with E-state index in [2.05, 4.69) is 19.1 Å². The largest absolute Gasteiger partial charge is 0.393 e. The molecule has 0 bridgehead atoms. The molecule has 0 radical (unpaired) electrons. The minimum atomic E-state index is -0.215.